The first kappa shape index (κ1) is 14.0. The van der Waals surface area contributed by atoms with Crippen molar-refractivity contribution in [3.8, 4) is 0 Å². The number of hydrogen-bond acceptors (Lipinski definition) is 4. The van der Waals surface area contributed by atoms with E-state index in [2.05, 4.69) is 10.3 Å². The summed E-state index contributed by atoms with van der Waals surface area (Å²) in [5.74, 6) is 0.548. The summed E-state index contributed by atoms with van der Waals surface area (Å²) in [4.78, 5) is 12.5. The second kappa shape index (κ2) is 5.81. The Morgan fingerprint density at radius 3 is 2.59 bits per heavy atom. The molecule has 0 atom stereocenters. The Hall–Kier alpha value is -2.95. The highest BCUT2D eigenvalue weighted by Crippen LogP contribution is 2.17. The van der Waals surface area contributed by atoms with E-state index in [9.17, 15) is 4.79 Å². The van der Waals surface area contributed by atoms with Crippen LogP contribution in [-0.4, -0.2) is 20.8 Å². The normalized spacial score (nSPS) is 10.6. The fourth-order valence-electron chi connectivity index (χ4n) is 2.39. The molecule has 0 bridgehead atoms. The third-order valence-corrected chi connectivity index (χ3v) is 3.55. The summed E-state index contributed by atoms with van der Waals surface area (Å²) >= 11 is 0. The number of nitrogen functional groups attached to an aromatic ring is 1. The van der Waals surface area contributed by atoms with Gasteiger partial charge in [-0.15, -0.1) is 5.10 Å². The summed E-state index contributed by atoms with van der Waals surface area (Å²) in [5, 5.41) is 7.68. The van der Waals surface area contributed by atoms with Gasteiger partial charge in [-0.25, -0.2) is 4.68 Å². The van der Waals surface area contributed by atoms with Crippen LogP contribution in [0.1, 0.15) is 27.0 Å². The third-order valence-electron chi connectivity index (χ3n) is 3.55. The van der Waals surface area contributed by atoms with Crippen molar-refractivity contribution in [1.29, 1.82) is 0 Å². The van der Waals surface area contributed by atoms with E-state index in [1.807, 2.05) is 55.5 Å². The maximum absolute atomic E-state index is 12.5. The highest BCUT2D eigenvalue weighted by Gasteiger charge is 2.12. The molecule has 0 unspecified atom stereocenters. The monoisotopic (exact) mass is 292 g/mol. The fraction of sp³-hybridized carbons (Fsp3) is 0.118. The number of benzene rings is 2. The Labute approximate surface area is 128 Å². The molecule has 1 heterocycles. The molecule has 0 spiro atoms. The minimum absolute atomic E-state index is 0.0323. The molecule has 0 aliphatic heterocycles. The van der Waals surface area contributed by atoms with Crippen LogP contribution in [0.4, 0.5) is 5.82 Å². The standard InChI is InChI=1S/C17H16N4O/c1-12-9-13(11-21-16(18)10-19-20-21)7-8-15(12)17(22)14-5-3-2-4-6-14/h2-10H,11,18H2,1H3. The molecule has 3 rings (SSSR count). The summed E-state index contributed by atoms with van der Waals surface area (Å²) < 4.78 is 1.62. The highest BCUT2D eigenvalue weighted by atomic mass is 16.1. The molecule has 110 valence electrons. The minimum Gasteiger partial charge on any atom is -0.383 e. The van der Waals surface area contributed by atoms with Gasteiger partial charge in [0.2, 0.25) is 0 Å². The Morgan fingerprint density at radius 2 is 1.95 bits per heavy atom. The lowest BCUT2D eigenvalue weighted by Gasteiger charge is -2.09. The second-order valence-electron chi connectivity index (χ2n) is 5.16. The van der Waals surface area contributed by atoms with Crippen LogP contribution in [0.5, 0.6) is 0 Å². The van der Waals surface area contributed by atoms with Gasteiger partial charge in [-0.1, -0.05) is 53.7 Å². The molecule has 0 saturated heterocycles. The van der Waals surface area contributed by atoms with Gasteiger partial charge in [0.15, 0.2) is 5.78 Å². The van der Waals surface area contributed by atoms with E-state index >= 15 is 0 Å². The third kappa shape index (κ3) is 2.74. The van der Waals surface area contributed by atoms with Crippen molar-refractivity contribution in [2.45, 2.75) is 13.5 Å². The van der Waals surface area contributed by atoms with E-state index in [0.29, 0.717) is 23.5 Å². The summed E-state index contributed by atoms with van der Waals surface area (Å²) in [5.41, 5.74) is 9.13. The van der Waals surface area contributed by atoms with Gasteiger partial charge < -0.3 is 5.73 Å². The van der Waals surface area contributed by atoms with Crippen molar-refractivity contribution in [3.63, 3.8) is 0 Å². The molecule has 3 aromatic rings. The summed E-state index contributed by atoms with van der Waals surface area (Å²) in [6.45, 7) is 2.47. The van der Waals surface area contributed by atoms with Gasteiger partial charge >= 0.3 is 0 Å². The van der Waals surface area contributed by atoms with Crippen LogP contribution in [0.25, 0.3) is 0 Å². The Morgan fingerprint density at radius 1 is 1.18 bits per heavy atom. The van der Waals surface area contributed by atoms with Crippen LogP contribution < -0.4 is 5.73 Å². The molecule has 1 aromatic heterocycles. The smallest absolute Gasteiger partial charge is 0.193 e. The van der Waals surface area contributed by atoms with Crippen molar-refractivity contribution in [2.75, 3.05) is 5.73 Å². The molecule has 22 heavy (non-hydrogen) atoms. The first-order chi connectivity index (χ1) is 10.6. The largest absolute Gasteiger partial charge is 0.383 e. The van der Waals surface area contributed by atoms with Crippen LogP contribution in [-0.2, 0) is 6.54 Å². The van der Waals surface area contributed by atoms with E-state index in [1.165, 1.54) is 6.20 Å². The number of carbonyl (C=O) groups excluding carboxylic acids is 1. The van der Waals surface area contributed by atoms with Gasteiger partial charge in [-0.2, -0.15) is 0 Å². The Kier molecular flexibility index (Phi) is 3.70. The minimum atomic E-state index is 0.0323. The fourth-order valence-corrected chi connectivity index (χ4v) is 2.39. The van der Waals surface area contributed by atoms with Crippen LogP contribution in [0.3, 0.4) is 0 Å². The van der Waals surface area contributed by atoms with Crippen LogP contribution >= 0.6 is 0 Å². The van der Waals surface area contributed by atoms with Crippen LogP contribution in [0, 0.1) is 6.92 Å². The predicted molar refractivity (Wildman–Crippen MR) is 84.6 cm³/mol. The van der Waals surface area contributed by atoms with Gasteiger partial charge in [0.25, 0.3) is 0 Å². The first-order valence-corrected chi connectivity index (χ1v) is 6.98. The number of hydrogen-bond donors (Lipinski definition) is 1. The zero-order valence-electron chi connectivity index (χ0n) is 12.2. The quantitative estimate of drug-likeness (QED) is 0.750. The molecule has 2 aromatic carbocycles. The van der Waals surface area contributed by atoms with Crippen molar-refractivity contribution in [1.82, 2.24) is 15.0 Å². The number of nitrogens with two attached hydrogens (primary N) is 1. The first-order valence-electron chi connectivity index (χ1n) is 6.98. The van der Waals surface area contributed by atoms with Gasteiger partial charge in [-0.05, 0) is 18.1 Å². The number of carbonyl (C=O) groups is 1. The summed E-state index contributed by atoms with van der Waals surface area (Å²) in [7, 11) is 0. The van der Waals surface area contributed by atoms with E-state index in [0.717, 1.165) is 11.1 Å². The zero-order chi connectivity index (χ0) is 15.5. The second-order valence-corrected chi connectivity index (χ2v) is 5.16. The lowest BCUT2D eigenvalue weighted by Crippen LogP contribution is -2.08. The maximum Gasteiger partial charge on any atom is 0.193 e. The van der Waals surface area contributed by atoms with Crippen molar-refractivity contribution < 1.29 is 4.79 Å². The SMILES string of the molecule is Cc1cc(Cn2nncc2N)ccc1C(=O)c1ccccc1. The van der Waals surface area contributed by atoms with Gasteiger partial charge in [0.05, 0.1) is 12.7 Å². The number of ketones is 1. The molecule has 0 aliphatic rings. The van der Waals surface area contributed by atoms with E-state index < -0.39 is 0 Å². The molecule has 2 N–H and O–H groups in total. The average molecular weight is 292 g/mol. The molecule has 0 radical (unpaired) electrons. The molecular formula is C17H16N4O. The summed E-state index contributed by atoms with van der Waals surface area (Å²) in [6.07, 6.45) is 1.51. The topological polar surface area (TPSA) is 73.8 Å². The lowest BCUT2D eigenvalue weighted by molar-refractivity contribution is 0.103. The average Bonchev–Trinajstić information content (AvgIpc) is 2.93. The molecule has 5 heteroatoms. The van der Waals surface area contributed by atoms with Crippen molar-refractivity contribution in [2.24, 2.45) is 0 Å². The number of nitrogens with zero attached hydrogens (tertiary/aromatic N) is 3. The maximum atomic E-state index is 12.5. The highest BCUT2D eigenvalue weighted by molar-refractivity contribution is 6.09. The van der Waals surface area contributed by atoms with Gasteiger partial charge in [-0.3, -0.25) is 4.79 Å². The van der Waals surface area contributed by atoms with E-state index in [1.54, 1.807) is 4.68 Å². The predicted octanol–water partition coefficient (Wildman–Crippen LogP) is 2.45. The molecular weight excluding hydrogens is 276 g/mol. The number of aryl methyl sites for hydroxylation is 1. The zero-order valence-corrected chi connectivity index (χ0v) is 12.2. The molecule has 0 amide bonds. The van der Waals surface area contributed by atoms with Crippen LogP contribution in [0.15, 0.2) is 54.7 Å². The van der Waals surface area contributed by atoms with Gasteiger partial charge in [0.1, 0.15) is 5.82 Å². The molecule has 0 aliphatic carbocycles. The van der Waals surface area contributed by atoms with Gasteiger partial charge in [0, 0.05) is 11.1 Å². The van der Waals surface area contributed by atoms with E-state index in [-0.39, 0.29) is 5.78 Å². The van der Waals surface area contributed by atoms with E-state index in [4.69, 9.17) is 5.73 Å². The lowest BCUT2D eigenvalue weighted by atomic mass is 9.97. The number of aromatic nitrogens is 3. The number of rotatable bonds is 4. The van der Waals surface area contributed by atoms with Crippen molar-refractivity contribution in [3.05, 3.63) is 77.0 Å². The molecule has 0 saturated carbocycles. The molecule has 5 nitrogen and oxygen atoms in total. The summed E-state index contributed by atoms with van der Waals surface area (Å²) in [6, 6.07) is 15.0. The Balaban J connectivity index is 1.87. The Bertz CT molecular complexity index is 809. The van der Waals surface area contributed by atoms with Crippen LogP contribution in [0.2, 0.25) is 0 Å². The molecule has 0 fully saturated rings. The van der Waals surface area contributed by atoms with Crippen molar-refractivity contribution >= 4 is 11.6 Å². The number of anilines is 1.